The Morgan fingerprint density at radius 3 is 2.41 bits per heavy atom. The molecule has 4 unspecified atom stereocenters. The van der Waals surface area contributed by atoms with Crippen LogP contribution in [0.1, 0.15) is 95.8 Å². The first-order valence-electron chi connectivity index (χ1n) is 19.7. The monoisotopic (exact) mass is 771 g/mol. The summed E-state index contributed by atoms with van der Waals surface area (Å²) < 4.78 is 12.0. The average Bonchev–Trinajstić information content (AvgIpc) is 3.75. The molecule has 0 radical (unpaired) electrons. The molecule has 2 N–H and O–H groups in total. The summed E-state index contributed by atoms with van der Waals surface area (Å²) in [4.78, 5) is 31.6. The van der Waals surface area contributed by atoms with Gasteiger partial charge in [0.25, 0.3) is 0 Å². The van der Waals surface area contributed by atoms with Gasteiger partial charge in [0.2, 0.25) is 11.7 Å². The fourth-order valence-corrected chi connectivity index (χ4v) is 10.1. The van der Waals surface area contributed by atoms with Crippen molar-refractivity contribution in [3.8, 4) is 11.5 Å². The van der Waals surface area contributed by atoms with Gasteiger partial charge < -0.3 is 24.6 Å². The van der Waals surface area contributed by atoms with Crippen LogP contribution in [-0.2, 0) is 24.2 Å². The minimum absolute atomic E-state index is 0.0334. The highest BCUT2D eigenvalue weighted by molar-refractivity contribution is 7.21. The van der Waals surface area contributed by atoms with Crippen molar-refractivity contribution in [3.63, 3.8) is 0 Å². The molecule has 2 bridgehead atoms. The Kier molecular flexibility index (Phi) is 11.8. The van der Waals surface area contributed by atoms with Gasteiger partial charge in [-0.2, -0.15) is 0 Å². The molecular formula is C48H53NO6S. The van der Waals surface area contributed by atoms with Crippen molar-refractivity contribution < 1.29 is 29.3 Å². The lowest BCUT2D eigenvalue weighted by Crippen LogP contribution is -2.53. The standard InChI is InChI=1S/C48H53NO6S/c1-32-11-10-23-47(2)40(38-20-17-34(25-37(50)19-16-32)26-39(38)46(52)44-29-36-14-8-9-15-43(36)56-44)22-24-48(47,53)31-49(30-33-12-6-5-7-13-33)45(51)28-35-18-21-41(54-3)42(27-35)55-4/h5-9,11-15,17-18,20-21,26-27,29,37,40,50,53H,10,16,19,22-25,28,30-31H2,1-4H3. The number of thiophene rings is 1. The number of hydrogen-bond acceptors (Lipinski definition) is 7. The number of ether oxygens (including phenoxy) is 2. The van der Waals surface area contributed by atoms with E-state index in [1.54, 1.807) is 14.2 Å². The van der Waals surface area contributed by atoms with Crippen molar-refractivity contribution in [2.45, 2.75) is 89.4 Å². The first kappa shape index (κ1) is 39.5. The van der Waals surface area contributed by atoms with Gasteiger partial charge in [-0.1, -0.05) is 85.3 Å². The van der Waals surface area contributed by atoms with E-state index >= 15 is 0 Å². The molecule has 8 rings (SSSR count). The van der Waals surface area contributed by atoms with Gasteiger partial charge in [0.15, 0.2) is 11.5 Å². The molecule has 1 heterocycles. The summed E-state index contributed by atoms with van der Waals surface area (Å²) in [5, 5.41) is 25.3. The highest BCUT2D eigenvalue weighted by atomic mass is 32.1. The number of benzene rings is 4. The van der Waals surface area contributed by atoms with E-state index in [1.165, 1.54) is 16.9 Å². The van der Waals surface area contributed by atoms with E-state index in [4.69, 9.17) is 9.47 Å². The summed E-state index contributed by atoms with van der Waals surface area (Å²) in [5.41, 5.74) is 3.52. The number of carbonyl (C=O) groups is 2. The molecule has 0 aliphatic heterocycles. The number of fused-ring (bicyclic) bond motifs is 9. The normalized spacial score (nSPS) is 22.6. The van der Waals surface area contributed by atoms with Crippen LogP contribution < -0.4 is 9.47 Å². The molecule has 1 amide bonds. The number of methoxy groups -OCH3 is 2. The first-order valence-corrected chi connectivity index (χ1v) is 20.6. The predicted molar refractivity (Wildman–Crippen MR) is 224 cm³/mol. The molecule has 56 heavy (non-hydrogen) atoms. The largest absolute Gasteiger partial charge is 0.493 e. The van der Waals surface area contributed by atoms with Crippen molar-refractivity contribution in [1.82, 2.24) is 4.90 Å². The Morgan fingerprint density at radius 2 is 1.64 bits per heavy atom. The van der Waals surface area contributed by atoms with Gasteiger partial charge in [0.05, 0.1) is 43.8 Å². The van der Waals surface area contributed by atoms with E-state index in [1.807, 2.05) is 89.8 Å². The predicted octanol–water partition coefficient (Wildman–Crippen LogP) is 9.46. The number of nitrogens with zero attached hydrogens (tertiary/aromatic N) is 1. The number of aliphatic hydroxyl groups excluding tert-OH is 1. The number of aliphatic hydroxyl groups is 2. The van der Waals surface area contributed by atoms with Crippen LogP contribution in [0.15, 0.2) is 109 Å². The molecule has 3 aliphatic carbocycles. The Labute approximate surface area is 334 Å². The SMILES string of the molecule is COc1ccc(CC(=O)N(Cc2ccccc2)CC2(O)CCC3c4ccc(cc4C(=O)c4cc5ccccc5s4)CC(O)CCC(C)=CCCC32C)cc1OC. The highest BCUT2D eigenvalue weighted by Crippen LogP contribution is 2.59. The molecule has 4 aromatic carbocycles. The van der Waals surface area contributed by atoms with E-state index < -0.39 is 17.1 Å². The molecule has 292 valence electrons. The van der Waals surface area contributed by atoms with Gasteiger partial charge in [0, 0.05) is 22.2 Å². The van der Waals surface area contributed by atoms with Crippen LogP contribution in [0.3, 0.4) is 0 Å². The minimum Gasteiger partial charge on any atom is -0.493 e. The molecule has 1 saturated carbocycles. The maximum absolute atomic E-state index is 14.7. The number of ketones is 1. The number of allylic oxidation sites excluding steroid dienone is 2. The summed E-state index contributed by atoms with van der Waals surface area (Å²) >= 11 is 1.50. The molecule has 8 heteroatoms. The summed E-state index contributed by atoms with van der Waals surface area (Å²) in [5.74, 6) is 0.866. The quantitative estimate of drug-likeness (QED) is 0.109. The molecule has 4 atom stereocenters. The summed E-state index contributed by atoms with van der Waals surface area (Å²) in [6.07, 6.45) is 6.24. The zero-order valence-electron chi connectivity index (χ0n) is 32.9. The molecular weight excluding hydrogens is 719 g/mol. The zero-order valence-corrected chi connectivity index (χ0v) is 33.7. The van der Waals surface area contributed by atoms with Crippen LogP contribution in [0.25, 0.3) is 10.1 Å². The molecule has 5 aromatic rings. The van der Waals surface area contributed by atoms with E-state index in [0.29, 0.717) is 60.6 Å². The van der Waals surface area contributed by atoms with E-state index in [0.717, 1.165) is 45.2 Å². The van der Waals surface area contributed by atoms with Crippen LogP contribution in [0.4, 0.5) is 0 Å². The lowest BCUT2D eigenvalue weighted by Gasteiger charge is -2.46. The summed E-state index contributed by atoms with van der Waals surface area (Å²) in [6.45, 7) is 4.78. The summed E-state index contributed by atoms with van der Waals surface area (Å²) in [7, 11) is 3.17. The fourth-order valence-electron chi connectivity index (χ4n) is 9.05. The van der Waals surface area contributed by atoms with Crippen molar-refractivity contribution in [2.24, 2.45) is 5.41 Å². The maximum Gasteiger partial charge on any atom is 0.227 e. The number of amides is 1. The third-order valence-electron chi connectivity index (χ3n) is 12.4. The second-order valence-electron chi connectivity index (χ2n) is 16.0. The van der Waals surface area contributed by atoms with Gasteiger partial charge in [-0.15, -0.1) is 11.3 Å². The first-order chi connectivity index (χ1) is 27.0. The van der Waals surface area contributed by atoms with Crippen LogP contribution in [0, 0.1) is 5.41 Å². The van der Waals surface area contributed by atoms with Gasteiger partial charge in [-0.05, 0) is 116 Å². The van der Waals surface area contributed by atoms with Crippen LogP contribution in [-0.4, -0.2) is 59.3 Å². The van der Waals surface area contributed by atoms with E-state index in [2.05, 4.69) is 32.1 Å². The molecule has 7 nitrogen and oxygen atoms in total. The Balaban J connectivity index is 1.28. The topological polar surface area (TPSA) is 96.3 Å². The average molecular weight is 772 g/mol. The highest BCUT2D eigenvalue weighted by Gasteiger charge is 2.57. The fraction of sp³-hybridized carbons (Fsp3) is 0.375. The zero-order chi connectivity index (χ0) is 39.5. The lowest BCUT2D eigenvalue weighted by molar-refractivity contribution is -0.140. The third-order valence-corrected chi connectivity index (χ3v) is 13.5. The molecule has 0 saturated heterocycles. The van der Waals surface area contributed by atoms with Gasteiger partial charge in [0.1, 0.15) is 0 Å². The second kappa shape index (κ2) is 16.8. The Morgan fingerprint density at radius 1 is 0.875 bits per heavy atom. The van der Waals surface area contributed by atoms with Crippen LogP contribution in [0.5, 0.6) is 11.5 Å². The molecule has 0 spiro atoms. The number of hydrogen-bond donors (Lipinski definition) is 2. The maximum atomic E-state index is 14.7. The van der Waals surface area contributed by atoms with Crippen molar-refractivity contribution >= 4 is 33.1 Å². The smallest absolute Gasteiger partial charge is 0.227 e. The van der Waals surface area contributed by atoms with Gasteiger partial charge in [-0.25, -0.2) is 0 Å². The van der Waals surface area contributed by atoms with Crippen molar-refractivity contribution in [2.75, 3.05) is 20.8 Å². The van der Waals surface area contributed by atoms with E-state index in [9.17, 15) is 19.8 Å². The Bertz CT molecular complexity index is 2190. The number of rotatable bonds is 10. The van der Waals surface area contributed by atoms with Crippen LogP contribution >= 0.6 is 11.3 Å². The molecule has 1 aromatic heterocycles. The van der Waals surface area contributed by atoms with Crippen LogP contribution in [0.2, 0.25) is 0 Å². The molecule has 3 aliphatic rings. The third kappa shape index (κ3) is 8.20. The Hall–Kier alpha value is -4.76. The van der Waals surface area contributed by atoms with E-state index in [-0.39, 0.29) is 30.6 Å². The van der Waals surface area contributed by atoms with Crippen molar-refractivity contribution in [3.05, 3.63) is 141 Å². The van der Waals surface area contributed by atoms with Crippen molar-refractivity contribution in [1.29, 1.82) is 0 Å². The van der Waals surface area contributed by atoms with Gasteiger partial charge >= 0.3 is 0 Å². The minimum atomic E-state index is -1.26. The lowest BCUT2D eigenvalue weighted by atomic mass is 9.64. The summed E-state index contributed by atoms with van der Waals surface area (Å²) in [6, 6.07) is 31.6. The van der Waals surface area contributed by atoms with Gasteiger partial charge in [-0.3, -0.25) is 9.59 Å². The number of carbonyl (C=O) groups excluding carboxylic acids is 2. The second-order valence-corrected chi connectivity index (χ2v) is 17.1. The molecule has 1 fully saturated rings.